The van der Waals surface area contributed by atoms with Crippen LogP contribution >= 0.6 is 0 Å². The standard InChI is InChI=1S/C14H27NO3/c1-10(2)15-13(14(16)17-4)9-18-12-7-5-6-11(3)8-12/h10-13,15H,5-9H2,1-4H3. The first-order valence-corrected chi connectivity index (χ1v) is 6.98. The number of carbonyl (C=O) groups is 1. The van der Waals surface area contributed by atoms with Crippen molar-refractivity contribution in [3.8, 4) is 0 Å². The lowest BCUT2D eigenvalue weighted by molar-refractivity contribution is -0.146. The third kappa shape index (κ3) is 5.36. The monoisotopic (exact) mass is 257 g/mol. The summed E-state index contributed by atoms with van der Waals surface area (Å²) in [5.41, 5.74) is 0. The molecular formula is C14H27NO3. The fraction of sp³-hybridized carbons (Fsp3) is 0.929. The molecule has 3 atom stereocenters. The summed E-state index contributed by atoms with van der Waals surface area (Å²) in [5.74, 6) is 0.492. The number of hydrogen-bond donors (Lipinski definition) is 1. The smallest absolute Gasteiger partial charge is 0.325 e. The third-order valence-corrected chi connectivity index (χ3v) is 3.41. The molecule has 0 saturated heterocycles. The quantitative estimate of drug-likeness (QED) is 0.740. The van der Waals surface area contributed by atoms with Crippen molar-refractivity contribution in [1.29, 1.82) is 0 Å². The highest BCUT2D eigenvalue weighted by molar-refractivity contribution is 5.75. The van der Waals surface area contributed by atoms with Gasteiger partial charge < -0.3 is 14.8 Å². The van der Waals surface area contributed by atoms with Crippen molar-refractivity contribution in [2.24, 2.45) is 5.92 Å². The van der Waals surface area contributed by atoms with Gasteiger partial charge in [-0.3, -0.25) is 4.79 Å². The molecule has 0 spiro atoms. The molecule has 4 nitrogen and oxygen atoms in total. The molecule has 1 rings (SSSR count). The average Bonchev–Trinajstić information content (AvgIpc) is 2.33. The van der Waals surface area contributed by atoms with Gasteiger partial charge in [-0.2, -0.15) is 0 Å². The van der Waals surface area contributed by atoms with Crippen LogP contribution in [0, 0.1) is 5.92 Å². The Hall–Kier alpha value is -0.610. The minimum absolute atomic E-state index is 0.239. The van der Waals surface area contributed by atoms with Gasteiger partial charge in [0.05, 0.1) is 19.8 Å². The van der Waals surface area contributed by atoms with Crippen molar-refractivity contribution in [2.45, 2.75) is 64.6 Å². The summed E-state index contributed by atoms with van der Waals surface area (Å²) in [6, 6.07) is -0.116. The Bertz CT molecular complexity index is 255. The summed E-state index contributed by atoms with van der Waals surface area (Å²) in [7, 11) is 1.42. The maximum atomic E-state index is 11.6. The second-order valence-electron chi connectivity index (χ2n) is 5.62. The van der Waals surface area contributed by atoms with Crippen molar-refractivity contribution in [1.82, 2.24) is 5.32 Å². The number of carbonyl (C=O) groups excluding carboxylic acids is 1. The Morgan fingerprint density at radius 3 is 2.67 bits per heavy atom. The van der Waals surface area contributed by atoms with E-state index < -0.39 is 0 Å². The van der Waals surface area contributed by atoms with E-state index in [4.69, 9.17) is 9.47 Å². The minimum Gasteiger partial charge on any atom is -0.468 e. The van der Waals surface area contributed by atoms with Gasteiger partial charge in [-0.1, -0.05) is 33.6 Å². The second kappa shape index (κ2) is 7.74. The number of hydrogen-bond acceptors (Lipinski definition) is 4. The molecule has 1 fully saturated rings. The van der Waals surface area contributed by atoms with Crippen LogP contribution < -0.4 is 5.32 Å². The molecule has 0 amide bonds. The van der Waals surface area contributed by atoms with E-state index in [2.05, 4.69) is 12.2 Å². The zero-order chi connectivity index (χ0) is 13.5. The molecule has 0 heterocycles. The van der Waals surface area contributed by atoms with Gasteiger partial charge in [0.15, 0.2) is 0 Å². The summed E-state index contributed by atoms with van der Waals surface area (Å²) >= 11 is 0. The van der Waals surface area contributed by atoms with E-state index in [1.165, 1.54) is 20.0 Å². The maximum Gasteiger partial charge on any atom is 0.325 e. The second-order valence-corrected chi connectivity index (χ2v) is 5.62. The van der Waals surface area contributed by atoms with Crippen LogP contribution in [-0.4, -0.2) is 37.9 Å². The molecule has 0 aromatic heterocycles. The van der Waals surface area contributed by atoms with E-state index in [-0.39, 0.29) is 18.1 Å². The lowest BCUT2D eigenvalue weighted by Gasteiger charge is -2.28. The van der Waals surface area contributed by atoms with E-state index in [0.29, 0.717) is 12.7 Å². The molecule has 3 unspecified atom stereocenters. The minimum atomic E-state index is -0.354. The molecule has 0 aliphatic heterocycles. The maximum absolute atomic E-state index is 11.6. The predicted octanol–water partition coefficient (Wildman–Crippen LogP) is 2.12. The number of ether oxygens (including phenoxy) is 2. The highest BCUT2D eigenvalue weighted by Gasteiger charge is 2.24. The molecule has 0 bridgehead atoms. The molecule has 0 aromatic carbocycles. The Kier molecular flexibility index (Phi) is 6.65. The van der Waals surface area contributed by atoms with Crippen molar-refractivity contribution in [3.63, 3.8) is 0 Å². The summed E-state index contributed by atoms with van der Waals surface area (Å²) < 4.78 is 10.7. The van der Waals surface area contributed by atoms with Crippen LogP contribution in [0.1, 0.15) is 46.5 Å². The Morgan fingerprint density at radius 2 is 2.11 bits per heavy atom. The first-order chi connectivity index (χ1) is 8.52. The molecule has 18 heavy (non-hydrogen) atoms. The zero-order valence-electron chi connectivity index (χ0n) is 12.1. The van der Waals surface area contributed by atoms with Crippen molar-refractivity contribution >= 4 is 5.97 Å². The first-order valence-electron chi connectivity index (χ1n) is 6.98. The number of methoxy groups -OCH3 is 1. The van der Waals surface area contributed by atoms with E-state index in [1.807, 2.05) is 13.8 Å². The van der Waals surface area contributed by atoms with Crippen LogP contribution in [-0.2, 0) is 14.3 Å². The summed E-state index contributed by atoms with van der Waals surface area (Å²) in [6.07, 6.45) is 5.04. The molecule has 1 aliphatic carbocycles. The van der Waals surface area contributed by atoms with E-state index in [0.717, 1.165) is 18.8 Å². The van der Waals surface area contributed by atoms with Gasteiger partial charge in [-0.15, -0.1) is 0 Å². The largest absolute Gasteiger partial charge is 0.468 e. The van der Waals surface area contributed by atoms with Gasteiger partial charge in [0, 0.05) is 6.04 Å². The number of nitrogens with one attached hydrogen (secondary N) is 1. The molecule has 0 aromatic rings. The average molecular weight is 257 g/mol. The Morgan fingerprint density at radius 1 is 1.39 bits per heavy atom. The van der Waals surface area contributed by atoms with Gasteiger partial charge in [0.25, 0.3) is 0 Å². The SMILES string of the molecule is COC(=O)C(COC1CCCC(C)C1)NC(C)C. The molecule has 1 aliphatic rings. The van der Waals surface area contributed by atoms with Crippen molar-refractivity contribution in [3.05, 3.63) is 0 Å². The highest BCUT2D eigenvalue weighted by atomic mass is 16.5. The fourth-order valence-corrected chi connectivity index (χ4v) is 2.49. The van der Waals surface area contributed by atoms with Gasteiger partial charge in [0.1, 0.15) is 6.04 Å². The first kappa shape index (κ1) is 15.4. The van der Waals surface area contributed by atoms with Crippen molar-refractivity contribution < 1.29 is 14.3 Å². The molecule has 1 N–H and O–H groups in total. The van der Waals surface area contributed by atoms with Gasteiger partial charge in [0.2, 0.25) is 0 Å². The molecule has 0 radical (unpaired) electrons. The lowest BCUT2D eigenvalue weighted by atomic mass is 9.89. The number of esters is 1. The zero-order valence-corrected chi connectivity index (χ0v) is 12.1. The van der Waals surface area contributed by atoms with Crippen LogP contribution in [0.2, 0.25) is 0 Å². The van der Waals surface area contributed by atoms with Gasteiger partial charge >= 0.3 is 5.97 Å². The summed E-state index contributed by atoms with van der Waals surface area (Å²) in [6.45, 7) is 6.69. The highest BCUT2D eigenvalue weighted by Crippen LogP contribution is 2.25. The Labute approximate surface area is 110 Å². The Balaban J connectivity index is 2.38. The van der Waals surface area contributed by atoms with E-state index in [9.17, 15) is 4.79 Å². The molecule has 4 heteroatoms. The third-order valence-electron chi connectivity index (χ3n) is 3.41. The van der Waals surface area contributed by atoms with E-state index in [1.54, 1.807) is 0 Å². The summed E-state index contributed by atoms with van der Waals surface area (Å²) in [4.78, 5) is 11.6. The van der Waals surface area contributed by atoms with Crippen LogP contribution in [0.3, 0.4) is 0 Å². The van der Waals surface area contributed by atoms with Crippen LogP contribution in [0.5, 0.6) is 0 Å². The van der Waals surface area contributed by atoms with Crippen LogP contribution in [0.15, 0.2) is 0 Å². The predicted molar refractivity (Wildman–Crippen MR) is 71.4 cm³/mol. The lowest BCUT2D eigenvalue weighted by Crippen LogP contribution is -2.45. The van der Waals surface area contributed by atoms with Crippen LogP contribution in [0.25, 0.3) is 0 Å². The summed E-state index contributed by atoms with van der Waals surface area (Å²) in [5, 5.41) is 3.18. The van der Waals surface area contributed by atoms with Crippen molar-refractivity contribution in [2.75, 3.05) is 13.7 Å². The molecular weight excluding hydrogens is 230 g/mol. The topological polar surface area (TPSA) is 47.6 Å². The van der Waals surface area contributed by atoms with Gasteiger partial charge in [-0.25, -0.2) is 0 Å². The fourth-order valence-electron chi connectivity index (χ4n) is 2.49. The van der Waals surface area contributed by atoms with Crippen LogP contribution in [0.4, 0.5) is 0 Å². The number of rotatable bonds is 6. The normalized spacial score (nSPS) is 26.1. The van der Waals surface area contributed by atoms with Gasteiger partial charge in [-0.05, 0) is 18.8 Å². The van der Waals surface area contributed by atoms with E-state index >= 15 is 0 Å². The molecule has 1 saturated carbocycles. The molecule has 106 valence electrons.